The largest absolute Gasteiger partial charge is 0.251 e. The topological polar surface area (TPSA) is 0 Å². The zero-order valence-corrected chi connectivity index (χ0v) is 6.79. The fourth-order valence-corrected chi connectivity index (χ4v) is 0. The molecule has 0 aromatic carbocycles. The summed E-state index contributed by atoms with van der Waals surface area (Å²) >= 11 is 0. The summed E-state index contributed by atoms with van der Waals surface area (Å²) in [5.74, 6) is 0. The van der Waals surface area contributed by atoms with Crippen molar-refractivity contribution < 1.29 is 4.39 Å². The normalized spacial score (nSPS) is 5.25. The minimum Gasteiger partial charge on any atom is -0.251 e. The lowest BCUT2D eigenvalue weighted by atomic mass is 10.6. The Labute approximate surface area is 53.1 Å². The van der Waals surface area contributed by atoms with Crippen molar-refractivity contribution in [3.8, 4) is 0 Å². The van der Waals surface area contributed by atoms with E-state index in [4.69, 9.17) is 0 Å². The summed E-state index contributed by atoms with van der Waals surface area (Å²) in [6, 6.07) is 0. The van der Waals surface area contributed by atoms with Gasteiger partial charge in [-0.05, 0) is 6.92 Å². The van der Waals surface area contributed by atoms with Crippen LogP contribution in [0.1, 0.15) is 41.0 Å². The van der Waals surface area contributed by atoms with Crippen LogP contribution >= 0.6 is 0 Å². The van der Waals surface area contributed by atoms with Gasteiger partial charge < -0.3 is 0 Å². The van der Waals surface area contributed by atoms with Gasteiger partial charge in [-0.3, -0.25) is 4.39 Å². The number of halogens is 1. The molecule has 0 fully saturated rings. The van der Waals surface area contributed by atoms with Gasteiger partial charge in [-0.15, -0.1) is 0 Å². The number of hydrogen-bond acceptors (Lipinski definition) is 0. The molecule has 0 bridgehead atoms. The maximum absolute atomic E-state index is 10.3. The van der Waals surface area contributed by atoms with Gasteiger partial charge in [0.25, 0.3) is 0 Å². The summed E-state index contributed by atoms with van der Waals surface area (Å²) in [5.41, 5.74) is 0. The van der Waals surface area contributed by atoms with E-state index in [1.807, 2.05) is 13.8 Å². The molecule has 0 saturated heterocycles. The van der Waals surface area contributed by atoms with Crippen molar-refractivity contribution >= 4 is 0 Å². The van der Waals surface area contributed by atoms with Crippen LogP contribution in [0.5, 0.6) is 0 Å². The molecule has 0 saturated carbocycles. The van der Waals surface area contributed by atoms with E-state index in [9.17, 15) is 4.39 Å². The van der Waals surface area contributed by atoms with Crippen LogP contribution < -0.4 is 0 Å². The molecule has 0 aliphatic rings. The summed E-state index contributed by atoms with van der Waals surface area (Å²) in [7, 11) is 0. The van der Waals surface area contributed by atoms with Crippen molar-refractivity contribution in [3.63, 3.8) is 0 Å². The van der Waals surface area contributed by atoms with Crippen molar-refractivity contribution in [2.45, 2.75) is 41.0 Å². The lowest BCUT2D eigenvalue weighted by Gasteiger charge is -1.48. The van der Waals surface area contributed by atoms with Gasteiger partial charge in [0.1, 0.15) is 0 Å². The third kappa shape index (κ3) is 29400. The lowest BCUT2D eigenvalue weighted by molar-refractivity contribution is 0.527. The van der Waals surface area contributed by atoms with Crippen molar-refractivity contribution in [1.82, 2.24) is 0 Å². The first-order chi connectivity index (χ1) is 3.83. The molecule has 0 nitrogen and oxygen atoms in total. The van der Waals surface area contributed by atoms with Gasteiger partial charge in [0, 0.05) is 0 Å². The average molecular weight is 122 g/mol. The second-order valence-electron chi connectivity index (χ2n) is 0.974. The van der Waals surface area contributed by atoms with Crippen LogP contribution in [-0.4, -0.2) is 6.67 Å². The Balaban J connectivity index is -0.0000000483. The zero-order chi connectivity index (χ0) is 7.41. The van der Waals surface area contributed by atoms with E-state index in [0.29, 0.717) is 0 Å². The van der Waals surface area contributed by atoms with Crippen LogP contribution in [0.3, 0.4) is 0 Å². The summed E-state index contributed by atoms with van der Waals surface area (Å²) in [6.45, 7) is 9.46. The minimum absolute atomic E-state index is 0.250. The van der Waals surface area contributed by atoms with Crippen LogP contribution in [0.4, 0.5) is 4.39 Å². The zero-order valence-electron chi connectivity index (χ0n) is 6.79. The van der Waals surface area contributed by atoms with E-state index >= 15 is 0 Å². The smallest absolute Gasteiger partial charge is 0.0866 e. The predicted molar refractivity (Wildman–Crippen MR) is 39.0 cm³/mol. The Morgan fingerprint density at radius 1 is 1.00 bits per heavy atom. The summed E-state index contributed by atoms with van der Waals surface area (Å²) in [6.07, 6.45) is 1.25. The second kappa shape index (κ2) is 65.4. The summed E-state index contributed by atoms with van der Waals surface area (Å²) < 4.78 is 10.3. The van der Waals surface area contributed by atoms with Crippen LogP contribution in [-0.2, 0) is 0 Å². The van der Waals surface area contributed by atoms with E-state index in [1.165, 1.54) is 13.3 Å². The molecular weight excluding hydrogens is 103 g/mol. The SMILES string of the molecule is CC.CCC.CCF. The number of alkyl halides is 1. The molecule has 0 aliphatic carbocycles. The van der Waals surface area contributed by atoms with Crippen LogP contribution in [0.2, 0.25) is 0 Å². The van der Waals surface area contributed by atoms with Gasteiger partial charge in [0.05, 0.1) is 6.67 Å². The average Bonchev–Trinajstić information content (AvgIpc) is 1.75. The Hall–Kier alpha value is -0.0700. The Morgan fingerprint density at radius 3 is 1.00 bits per heavy atom. The molecule has 54 valence electrons. The molecule has 0 atom stereocenters. The molecule has 0 N–H and O–H groups in total. The minimum atomic E-state index is -0.250. The Morgan fingerprint density at radius 2 is 1.00 bits per heavy atom. The van der Waals surface area contributed by atoms with E-state index in [-0.39, 0.29) is 6.67 Å². The fourth-order valence-electron chi connectivity index (χ4n) is 0. The van der Waals surface area contributed by atoms with Crippen molar-refractivity contribution in [2.24, 2.45) is 0 Å². The number of rotatable bonds is 0. The highest BCUT2D eigenvalue weighted by Gasteiger charge is 1.39. The van der Waals surface area contributed by atoms with Crippen molar-refractivity contribution in [1.29, 1.82) is 0 Å². The third-order valence-electron chi connectivity index (χ3n) is 0. The molecule has 0 aliphatic heterocycles. The van der Waals surface area contributed by atoms with E-state index in [1.54, 1.807) is 0 Å². The molecule has 1 heteroatoms. The molecule has 0 spiro atoms. The fraction of sp³-hybridized carbons (Fsp3) is 1.00. The third-order valence-corrected chi connectivity index (χ3v) is 0. The second-order valence-corrected chi connectivity index (χ2v) is 0.974. The summed E-state index contributed by atoms with van der Waals surface area (Å²) in [4.78, 5) is 0. The van der Waals surface area contributed by atoms with Gasteiger partial charge in [-0.2, -0.15) is 0 Å². The van der Waals surface area contributed by atoms with Gasteiger partial charge in [0.15, 0.2) is 0 Å². The quantitative estimate of drug-likeness (QED) is 0.462. The predicted octanol–water partition coefficient (Wildman–Crippen LogP) is 3.42. The summed E-state index contributed by atoms with van der Waals surface area (Å²) in [5, 5.41) is 0. The maximum atomic E-state index is 10.3. The first kappa shape index (κ1) is 15.7. The number of hydrogen-bond donors (Lipinski definition) is 0. The van der Waals surface area contributed by atoms with E-state index < -0.39 is 0 Å². The van der Waals surface area contributed by atoms with Crippen molar-refractivity contribution in [3.05, 3.63) is 0 Å². The highest BCUT2D eigenvalue weighted by molar-refractivity contribution is 3.92. The lowest BCUT2D eigenvalue weighted by Crippen LogP contribution is -1.40. The van der Waals surface area contributed by atoms with Crippen LogP contribution in [0.15, 0.2) is 0 Å². The molecule has 8 heavy (non-hydrogen) atoms. The van der Waals surface area contributed by atoms with Gasteiger partial charge >= 0.3 is 0 Å². The molecular formula is C7H19F. The molecule has 0 heterocycles. The molecule has 0 aromatic heterocycles. The first-order valence-corrected chi connectivity index (χ1v) is 3.39. The maximum Gasteiger partial charge on any atom is 0.0866 e. The van der Waals surface area contributed by atoms with Gasteiger partial charge in [-0.25, -0.2) is 0 Å². The van der Waals surface area contributed by atoms with Crippen LogP contribution in [0, 0.1) is 0 Å². The Bertz CT molecular complexity index is 6.35. The van der Waals surface area contributed by atoms with Crippen LogP contribution in [0.25, 0.3) is 0 Å². The van der Waals surface area contributed by atoms with Gasteiger partial charge in [-0.1, -0.05) is 34.1 Å². The molecule has 0 amide bonds. The molecule has 0 unspecified atom stereocenters. The van der Waals surface area contributed by atoms with E-state index in [2.05, 4.69) is 13.8 Å². The molecule has 0 radical (unpaired) electrons. The van der Waals surface area contributed by atoms with E-state index in [0.717, 1.165) is 0 Å². The molecule has 0 aromatic rings. The monoisotopic (exact) mass is 122 g/mol. The molecule has 0 rings (SSSR count). The standard InChI is InChI=1S/C3H8.C2H5F.C2H6/c1-3-2;1-2-3;1-2/h3H2,1-2H3;2H2,1H3;1-2H3. The van der Waals surface area contributed by atoms with Gasteiger partial charge in [0.2, 0.25) is 0 Å². The Kier molecular flexibility index (Phi) is 128. The first-order valence-electron chi connectivity index (χ1n) is 3.39. The highest BCUT2D eigenvalue weighted by atomic mass is 19.1. The van der Waals surface area contributed by atoms with Crippen molar-refractivity contribution in [2.75, 3.05) is 6.67 Å². The highest BCUT2D eigenvalue weighted by Crippen LogP contribution is 1.56.